The number of hydrogen-bond donors (Lipinski definition) is 1. The summed E-state index contributed by atoms with van der Waals surface area (Å²) in [6.45, 7) is 10.8. The van der Waals surface area contributed by atoms with Gasteiger partial charge < -0.3 is 15.1 Å². The standard InChI is InChI=1S/C16H29N5/c1-5-8-14-18-15(17-6-2)11-16(19-14)21-10-7-9-20(4)12-13(21)3/h11,13H,5-10,12H2,1-4H3,(H,17,18,19). The zero-order chi connectivity index (χ0) is 15.2. The van der Waals surface area contributed by atoms with Crippen molar-refractivity contribution < 1.29 is 0 Å². The fourth-order valence-corrected chi connectivity index (χ4v) is 2.95. The number of nitrogens with one attached hydrogen (secondary N) is 1. The van der Waals surface area contributed by atoms with Gasteiger partial charge in [-0.3, -0.25) is 0 Å². The highest BCUT2D eigenvalue weighted by Gasteiger charge is 2.21. The Kier molecular flexibility index (Phi) is 5.79. The van der Waals surface area contributed by atoms with Gasteiger partial charge in [-0.25, -0.2) is 9.97 Å². The molecule has 0 saturated carbocycles. The van der Waals surface area contributed by atoms with Crippen LogP contribution in [0.4, 0.5) is 11.6 Å². The molecular weight excluding hydrogens is 262 g/mol. The molecule has 0 radical (unpaired) electrons. The lowest BCUT2D eigenvalue weighted by atomic mass is 10.2. The molecule has 0 aromatic carbocycles. The lowest BCUT2D eigenvalue weighted by Gasteiger charge is -2.29. The van der Waals surface area contributed by atoms with Gasteiger partial charge in [0.25, 0.3) is 0 Å². The number of aromatic nitrogens is 2. The van der Waals surface area contributed by atoms with Crippen LogP contribution in [0, 0.1) is 0 Å². The van der Waals surface area contributed by atoms with Crippen molar-refractivity contribution in [2.45, 2.75) is 46.1 Å². The molecule has 21 heavy (non-hydrogen) atoms. The summed E-state index contributed by atoms with van der Waals surface area (Å²) in [5, 5.41) is 3.34. The number of hydrogen-bond acceptors (Lipinski definition) is 5. The number of likely N-dealkylation sites (N-methyl/N-ethyl adjacent to an activating group) is 1. The van der Waals surface area contributed by atoms with Gasteiger partial charge in [0, 0.05) is 38.2 Å². The first-order valence-electron chi connectivity index (χ1n) is 8.21. The minimum Gasteiger partial charge on any atom is -0.370 e. The van der Waals surface area contributed by atoms with E-state index in [0.29, 0.717) is 6.04 Å². The molecule has 1 aromatic rings. The van der Waals surface area contributed by atoms with Crippen LogP contribution in [0.5, 0.6) is 0 Å². The van der Waals surface area contributed by atoms with Gasteiger partial charge in [-0.05, 0) is 40.3 Å². The van der Waals surface area contributed by atoms with Crippen molar-refractivity contribution in [2.75, 3.05) is 43.4 Å². The first-order chi connectivity index (χ1) is 10.1. The summed E-state index contributed by atoms with van der Waals surface area (Å²) in [7, 11) is 2.20. The van der Waals surface area contributed by atoms with E-state index in [1.807, 2.05) is 0 Å². The third kappa shape index (κ3) is 4.30. The first-order valence-corrected chi connectivity index (χ1v) is 8.21. The topological polar surface area (TPSA) is 44.3 Å². The molecule has 2 rings (SSSR count). The van der Waals surface area contributed by atoms with Gasteiger partial charge in [-0.2, -0.15) is 0 Å². The monoisotopic (exact) mass is 291 g/mol. The normalized spacial score (nSPS) is 20.4. The van der Waals surface area contributed by atoms with Crippen molar-refractivity contribution in [3.8, 4) is 0 Å². The van der Waals surface area contributed by atoms with Crippen LogP contribution in [-0.4, -0.2) is 54.1 Å². The molecule has 0 amide bonds. The van der Waals surface area contributed by atoms with Crippen LogP contribution < -0.4 is 10.2 Å². The van der Waals surface area contributed by atoms with Crippen LogP contribution >= 0.6 is 0 Å². The minimum atomic E-state index is 0.483. The maximum atomic E-state index is 4.80. The predicted octanol–water partition coefficient (Wildman–Crippen LogP) is 2.39. The Morgan fingerprint density at radius 1 is 1.29 bits per heavy atom. The molecule has 1 saturated heterocycles. The van der Waals surface area contributed by atoms with E-state index in [9.17, 15) is 0 Å². The van der Waals surface area contributed by atoms with Crippen LogP contribution in [-0.2, 0) is 6.42 Å². The van der Waals surface area contributed by atoms with Gasteiger partial charge in [0.2, 0.25) is 0 Å². The number of anilines is 2. The Hall–Kier alpha value is -1.36. The summed E-state index contributed by atoms with van der Waals surface area (Å²) in [5.74, 6) is 2.98. The summed E-state index contributed by atoms with van der Waals surface area (Å²) < 4.78 is 0. The van der Waals surface area contributed by atoms with Gasteiger partial charge in [0.15, 0.2) is 0 Å². The molecule has 118 valence electrons. The SMILES string of the molecule is CCCc1nc(NCC)cc(N2CCCN(C)CC2C)n1. The average molecular weight is 291 g/mol. The first kappa shape index (κ1) is 16.0. The highest BCUT2D eigenvalue weighted by atomic mass is 15.3. The summed E-state index contributed by atoms with van der Waals surface area (Å²) in [6.07, 6.45) is 3.20. The molecule has 1 aromatic heterocycles. The van der Waals surface area contributed by atoms with Crippen molar-refractivity contribution >= 4 is 11.6 Å². The number of aryl methyl sites for hydroxylation is 1. The maximum absolute atomic E-state index is 4.80. The molecule has 1 atom stereocenters. The van der Waals surface area contributed by atoms with E-state index >= 15 is 0 Å². The Morgan fingerprint density at radius 2 is 2.10 bits per heavy atom. The molecule has 1 aliphatic heterocycles. The van der Waals surface area contributed by atoms with Crippen molar-refractivity contribution in [3.05, 3.63) is 11.9 Å². The van der Waals surface area contributed by atoms with Gasteiger partial charge >= 0.3 is 0 Å². The van der Waals surface area contributed by atoms with E-state index in [1.165, 1.54) is 6.42 Å². The second-order valence-corrected chi connectivity index (χ2v) is 5.97. The maximum Gasteiger partial charge on any atom is 0.134 e. The van der Waals surface area contributed by atoms with E-state index in [4.69, 9.17) is 4.98 Å². The highest BCUT2D eigenvalue weighted by Crippen LogP contribution is 2.21. The summed E-state index contributed by atoms with van der Waals surface area (Å²) >= 11 is 0. The van der Waals surface area contributed by atoms with E-state index in [-0.39, 0.29) is 0 Å². The Morgan fingerprint density at radius 3 is 2.81 bits per heavy atom. The number of nitrogens with zero attached hydrogens (tertiary/aromatic N) is 4. The molecule has 0 spiro atoms. The quantitative estimate of drug-likeness (QED) is 0.902. The summed E-state index contributed by atoms with van der Waals surface area (Å²) in [4.78, 5) is 14.3. The molecule has 0 bridgehead atoms. The molecular formula is C16H29N5. The van der Waals surface area contributed by atoms with Crippen molar-refractivity contribution in [1.82, 2.24) is 14.9 Å². The van der Waals surface area contributed by atoms with Crippen LogP contribution in [0.3, 0.4) is 0 Å². The lowest BCUT2D eigenvalue weighted by molar-refractivity contribution is 0.337. The van der Waals surface area contributed by atoms with E-state index in [2.05, 4.69) is 54.0 Å². The zero-order valence-corrected chi connectivity index (χ0v) is 13.9. The van der Waals surface area contributed by atoms with Crippen molar-refractivity contribution in [1.29, 1.82) is 0 Å². The summed E-state index contributed by atoms with van der Waals surface area (Å²) in [5.41, 5.74) is 0. The second kappa shape index (κ2) is 7.59. The Balaban J connectivity index is 2.27. The van der Waals surface area contributed by atoms with Crippen molar-refractivity contribution in [3.63, 3.8) is 0 Å². The Labute approximate surface area is 128 Å². The molecule has 0 aliphatic carbocycles. The van der Waals surface area contributed by atoms with Crippen molar-refractivity contribution in [2.24, 2.45) is 0 Å². The van der Waals surface area contributed by atoms with Crippen LogP contribution in [0.2, 0.25) is 0 Å². The van der Waals surface area contributed by atoms with Gasteiger partial charge in [-0.1, -0.05) is 6.92 Å². The molecule has 1 N–H and O–H groups in total. The van der Waals surface area contributed by atoms with E-state index in [0.717, 1.165) is 56.5 Å². The summed E-state index contributed by atoms with van der Waals surface area (Å²) in [6, 6.07) is 2.58. The smallest absolute Gasteiger partial charge is 0.134 e. The molecule has 5 nitrogen and oxygen atoms in total. The fraction of sp³-hybridized carbons (Fsp3) is 0.750. The average Bonchev–Trinajstić information content (AvgIpc) is 2.60. The van der Waals surface area contributed by atoms with Crippen LogP contribution in [0.15, 0.2) is 6.07 Å². The molecule has 1 unspecified atom stereocenters. The minimum absolute atomic E-state index is 0.483. The third-order valence-electron chi connectivity index (χ3n) is 3.93. The number of rotatable bonds is 5. The van der Waals surface area contributed by atoms with E-state index < -0.39 is 0 Å². The van der Waals surface area contributed by atoms with Gasteiger partial charge in [-0.15, -0.1) is 0 Å². The molecule has 1 aliphatic rings. The van der Waals surface area contributed by atoms with Crippen LogP contribution in [0.25, 0.3) is 0 Å². The second-order valence-electron chi connectivity index (χ2n) is 5.97. The zero-order valence-electron chi connectivity index (χ0n) is 13.9. The molecule has 2 heterocycles. The van der Waals surface area contributed by atoms with Gasteiger partial charge in [0.05, 0.1) is 0 Å². The van der Waals surface area contributed by atoms with Gasteiger partial charge in [0.1, 0.15) is 17.5 Å². The van der Waals surface area contributed by atoms with E-state index in [1.54, 1.807) is 0 Å². The predicted molar refractivity (Wildman–Crippen MR) is 89.1 cm³/mol. The largest absolute Gasteiger partial charge is 0.370 e. The lowest BCUT2D eigenvalue weighted by Crippen LogP contribution is -2.38. The molecule has 1 fully saturated rings. The highest BCUT2D eigenvalue weighted by molar-refractivity contribution is 5.50. The Bertz CT molecular complexity index is 424. The third-order valence-corrected chi connectivity index (χ3v) is 3.93. The van der Waals surface area contributed by atoms with Crippen LogP contribution in [0.1, 0.15) is 39.4 Å². The molecule has 5 heteroatoms. The fourth-order valence-electron chi connectivity index (χ4n) is 2.95.